The third-order valence-electron chi connectivity index (χ3n) is 21.8. The minimum Gasteiger partial charge on any atom is -0.478 e. The number of aromatic carboxylic acids is 1. The Labute approximate surface area is 890 Å². The maximum atomic E-state index is 12.0. The standard InChI is InChI=1S/C16H29N3O.C15H24N2O2.C14H25N3.C14H24N2.C13H20N2O2.C13H22N2O.C12H20N2.2C11H19N3/c1-15(2,3)12-11-13(20-10-9-19(7)8)18-14(17-12)16(4,5)6;1-8-19-12(18)10-9-16-13(15(5,6)7)17-11(10)14(2,3)4;1-13(2,3)11-8-10(9-15-7)16-12(17-11)14(4,5)6;1-8-10-9-15-12(14(5,6)7)16-11(10)13(2,3)4;1-12(2,3)9-8(10(16)17)7-14-11(15-9)13(4,5)6;1-12(2,3)9-8-15(7)11(16)10(14-9)13(4,5)6;1-11(2,3)9-7-13-8-10(14-9)12(4,5)6;1-10(2,3)8-12-7-13-9(14-8)11(4,5)6;1-10(2,3)8-7-12-14-9(13-8)11(4,5)6/h11H,9-10H2,1-8H3;9H,8H2,1-7H3;8,15H,9H2,1-7H3;9H,8H2,1-7H3;7H,1-6H3,(H,16,17);8H,1-7H3;7-8H,1-6H3;2*7H,1-6H3. The Morgan fingerprint density at radius 1 is 0.347 bits per heavy atom. The molecule has 28 nitrogen and oxygen atoms in total. The van der Waals surface area contributed by atoms with Gasteiger partial charge in [0.1, 0.15) is 65.0 Å². The fraction of sp³-hybridized carbons (Fsp3) is 0.697. The number of likely N-dealkylation sites (N-methyl/N-ethyl adjacent to an activating group) is 1. The second-order valence-electron chi connectivity index (χ2n) is 57.0. The summed E-state index contributed by atoms with van der Waals surface area (Å²) in [6, 6.07) is 4.07. The fourth-order valence-electron chi connectivity index (χ4n) is 12.4. The number of nitrogens with zero attached hydrogens (tertiary/aromatic N) is 21. The van der Waals surface area contributed by atoms with Gasteiger partial charge in [-0.05, 0) is 46.1 Å². The number of hydrogen-bond acceptors (Lipinski definition) is 26. The number of carbonyl (C=O) groups is 2. The number of aromatic nitrogens is 20. The van der Waals surface area contributed by atoms with Crippen molar-refractivity contribution < 1.29 is 24.2 Å². The van der Waals surface area contributed by atoms with E-state index in [1.807, 2.05) is 135 Å². The predicted octanol–water partition coefficient (Wildman–Crippen LogP) is 25.8. The summed E-state index contributed by atoms with van der Waals surface area (Å²) in [6.07, 6.45) is 14.9. The van der Waals surface area contributed by atoms with Gasteiger partial charge in [0.2, 0.25) is 5.88 Å². The van der Waals surface area contributed by atoms with Crippen LogP contribution >= 0.6 is 0 Å². The van der Waals surface area contributed by atoms with Crippen LogP contribution in [0.15, 0.2) is 66.6 Å². The Hall–Kier alpha value is -9.96. The minimum absolute atomic E-state index is 0.000463. The van der Waals surface area contributed by atoms with E-state index < -0.39 is 5.97 Å². The maximum absolute atomic E-state index is 12.0. The van der Waals surface area contributed by atoms with Gasteiger partial charge in [-0.1, -0.05) is 381 Å². The fourth-order valence-corrected chi connectivity index (χ4v) is 12.4. The van der Waals surface area contributed by atoms with Crippen molar-refractivity contribution >= 4 is 11.9 Å². The highest BCUT2D eigenvalue weighted by molar-refractivity contribution is 5.90. The van der Waals surface area contributed by atoms with Gasteiger partial charge in [0.05, 0.1) is 69.6 Å². The zero-order valence-corrected chi connectivity index (χ0v) is 104. The Morgan fingerprint density at radius 2 is 0.687 bits per heavy atom. The predicted molar refractivity (Wildman–Crippen MR) is 607 cm³/mol. The Balaban J connectivity index is 0.000000829. The molecule has 0 unspecified atom stereocenters. The third-order valence-corrected chi connectivity index (χ3v) is 21.8. The zero-order valence-electron chi connectivity index (χ0n) is 104. The third kappa shape index (κ3) is 46.6. The van der Waals surface area contributed by atoms with E-state index in [1.165, 1.54) is 17.5 Å². The summed E-state index contributed by atoms with van der Waals surface area (Å²) in [7, 11) is 7.79. The molecule has 9 rings (SSSR count). The average Bonchev–Trinajstić information content (AvgIpc) is 0.796. The van der Waals surface area contributed by atoms with E-state index in [1.54, 1.807) is 37.3 Å². The second-order valence-corrected chi connectivity index (χ2v) is 57.0. The molecular weight excluding hydrogens is 1830 g/mol. The van der Waals surface area contributed by atoms with Crippen LogP contribution in [-0.2, 0) is 122 Å². The molecule has 0 aliphatic carbocycles. The molecule has 28 heteroatoms. The summed E-state index contributed by atoms with van der Waals surface area (Å²) in [5.74, 6) is 5.99. The molecule has 0 spiro atoms. The molecule has 824 valence electrons. The highest BCUT2D eigenvalue weighted by Gasteiger charge is 2.35. The molecule has 2 N–H and O–H groups in total. The quantitative estimate of drug-likeness (QED) is 0.120. The van der Waals surface area contributed by atoms with Crippen LogP contribution in [0.4, 0.5) is 0 Å². The number of hydrogen-bond donors (Lipinski definition) is 2. The zero-order chi connectivity index (χ0) is 115. The molecule has 0 atom stereocenters. The van der Waals surface area contributed by atoms with E-state index in [9.17, 15) is 14.4 Å². The summed E-state index contributed by atoms with van der Waals surface area (Å²) in [5, 5.41) is 20.4. The number of carboxylic acids is 1. The van der Waals surface area contributed by atoms with Crippen LogP contribution in [0.2, 0.25) is 0 Å². The highest BCUT2D eigenvalue weighted by Crippen LogP contribution is 2.36. The van der Waals surface area contributed by atoms with Gasteiger partial charge >= 0.3 is 11.9 Å². The molecule has 0 saturated heterocycles. The van der Waals surface area contributed by atoms with Crippen LogP contribution < -0.4 is 15.6 Å². The molecule has 0 aliphatic rings. The SMILES string of the molecule is CC(C)(C)c1cncc(C(C)(C)C)n1.CC(C)(C)c1cnnc(C(C)(C)C)n1.CC(C)(C)c1ncc(C(=O)O)c(C(C)(C)C)n1.CC(C)(C)c1ncnc(C(C)(C)C)n1.CCOC(=O)c1cnc(C(C)(C)C)nc1C(C)(C)C.CCc1cnc(C(C)(C)C)nc1C(C)(C)C.CN(C)CCOc1cc(C(C)(C)C)nc(C(C)(C)C)n1.CNCc1cc(C(C)(C)C)nc(C(C)(C)C)n1.Cn1cc(C(C)(C)C)nc(C(C)(C)C)c1=O. The van der Waals surface area contributed by atoms with Gasteiger partial charge < -0.3 is 29.4 Å². The van der Waals surface area contributed by atoms with Crippen molar-refractivity contribution in [1.29, 1.82) is 0 Å². The molecule has 0 bridgehead atoms. The molecule has 0 fully saturated rings. The van der Waals surface area contributed by atoms with Crippen LogP contribution in [0, 0.1) is 0 Å². The second kappa shape index (κ2) is 51.7. The van der Waals surface area contributed by atoms with Crippen molar-refractivity contribution in [2.45, 2.75) is 498 Å². The monoisotopic (exact) mass is 2040 g/mol. The van der Waals surface area contributed by atoms with E-state index in [-0.39, 0.29) is 115 Å². The van der Waals surface area contributed by atoms with Crippen molar-refractivity contribution in [3.05, 3.63) is 198 Å². The molecule has 0 aliphatic heterocycles. The van der Waals surface area contributed by atoms with Crippen molar-refractivity contribution in [1.82, 2.24) is 110 Å². The Morgan fingerprint density at radius 3 is 1.03 bits per heavy atom. The van der Waals surface area contributed by atoms with E-state index >= 15 is 0 Å². The summed E-state index contributed by atoms with van der Waals surface area (Å²) < 4.78 is 12.5. The number of aryl methyl sites for hydroxylation is 2. The molecule has 0 aromatic carbocycles. The molecule has 147 heavy (non-hydrogen) atoms. The van der Waals surface area contributed by atoms with Gasteiger partial charge in [0.25, 0.3) is 5.56 Å². The number of ether oxygens (including phenoxy) is 2. The van der Waals surface area contributed by atoms with E-state index in [4.69, 9.17) is 29.5 Å². The van der Waals surface area contributed by atoms with Crippen molar-refractivity contribution in [2.75, 3.05) is 40.9 Å². The first kappa shape index (κ1) is 135. The van der Waals surface area contributed by atoms with Crippen LogP contribution in [0.3, 0.4) is 0 Å². The summed E-state index contributed by atoms with van der Waals surface area (Å²) in [4.78, 5) is 114. The first-order valence-electron chi connectivity index (χ1n) is 52.1. The first-order valence-corrected chi connectivity index (χ1v) is 52.1. The smallest absolute Gasteiger partial charge is 0.341 e. The lowest BCUT2D eigenvalue weighted by Gasteiger charge is -2.24. The van der Waals surface area contributed by atoms with E-state index in [2.05, 4.69) is 394 Å². The van der Waals surface area contributed by atoms with Crippen molar-refractivity contribution in [3.8, 4) is 5.88 Å². The largest absolute Gasteiger partial charge is 0.478 e. The van der Waals surface area contributed by atoms with Crippen LogP contribution in [0.1, 0.15) is 523 Å². The van der Waals surface area contributed by atoms with Crippen LogP contribution in [0.25, 0.3) is 0 Å². The van der Waals surface area contributed by atoms with Gasteiger partial charge in [-0.25, -0.2) is 79.4 Å². The van der Waals surface area contributed by atoms with Crippen molar-refractivity contribution in [2.24, 2.45) is 7.05 Å². The topological polar surface area (TPSA) is 355 Å². The van der Waals surface area contributed by atoms with E-state index in [0.717, 1.165) is 106 Å². The molecule has 9 aromatic rings. The first-order chi connectivity index (χ1) is 65.6. The van der Waals surface area contributed by atoms with Gasteiger partial charge in [-0.15, -0.1) is 5.10 Å². The van der Waals surface area contributed by atoms with Crippen molar-refractivity contribution in [3.63, 3.8) is 0 Å². The Bertz CT molecular complexity index is 5420. The number of esters is 1. The summed E-state index contributed by atoms with van der Waals surface area (Å²) in [5.41, 5.74) is 11.4. The molecule has 0 radical (unpaired) electrons. The molecule has 9 heterocycles. The minimum atomic E-state index is -0.976. The lowest BCUT2D eigenvalue weighted by molar-refractivity contribution is 0.0521. The number of nitrogens with one attached hydrogen (secondary N) is 1. The number of carbonyl (C=O) groups excluding carboxylic acids is 1. The maximum Gasteiger partial charge on any atom is 0.341 e. The van der Waals surface area contributed by atoms with Gasteiger partial charge in [0.15, 0.2) is 5.82 Å². The van der Waals surface area contributed by atoms with Crippen LogP contribution in [-0.4, -0.2) is 162 Å². The van der Waals surface area contributed by atoms with Gasteiger partial charge in [-0.2, -0.15) is 10.1 Å². The van der Waals surface area contributed by atoms with Gasteiger partial charge in [0, 0.05) is 167 Å². The van der Waals surface area contributed by atoms with Gasteiger partial charge in [-0.3, -0.25) is 14.8 Å². The lowest BCUT2D eigenvalue weighted by Crippen LogP contribution is -2.33. The molecule has 9 aromatic heterocycles. The number of rotatable bonds is 10. The van der Waals surface area contributed by atoms with E-state index in [0.29, 0.717) is 41.9 Å². The lowest BCUT2D eigenvalue weighted by atomic mass is 9.87. The highest BCUT2D eigenvalue weighted by atomic mass is 16.5. The Kier molecular flexibility index (Phi) is 47.5. The molecule has 0 amide bonds. The average molecular weight is 2040 g/mol. The van der Waals surface area contributed by atoms with Crippen LogP contribution in [0.5, 0.6) is 5.88 Å². The number of carboxylic acid groups (broad SMARTS) is 1. The molecule has 0 saturated carbocycles. The molecular formula is C119H202N22O6. The normalized spacial score (nSPS) is 12.8. The summed E-state index contributed by atoms with van der Waals surface area (Å²) >= 11 is 0. The summed E-state index contributed by atoms with van der Waals surface area (Å²) in [6.45, 7) is 120.